The van der Waals surface area contributed by atoms with Gasteiger partial charge in [0, 0.05) is 6.20 Å². The molecule has 6 nitrogen and oxygen atoms in total. The Morgan fingerprint density at radius 1 is 1.42 bits per heavy atom. The highest BCUT2D eigenvalue weighted by Gasteiger charge is 2.42. The van der Waals surface area contributed by atoms with Crippen LogP contribution < -0.4 is 10.3 Å². The van der Waals surface area contributed by atoms with Gasteiger partial charge in [0.05, 0.1) is 23.1 Å². The van der Waals surface area contributed by atoms with Crippen molar-refractivity contribution in [3.63, 3.8) is 0 Å². The van der Waals surface area contributed by atoms with Crippen LogP contribution in [0.4, 0.5) is 0 Å². The molecular weight excluding hydrogens is 292 g/mol. The Morgan fingerprint density at radius 2 is 2.21 bits per heavy atom. The van der Waals surface area contributed by atoms with E-state index in [0.717, 1.165) is 25.1 Å². The first-order chi connectivity index (χ1) is 8.95. The molecule has 8 heteroatoms. The van der Waals surface area contributed by atoms with Crippen LogP contribution >= 0.6 is 11.6 Å². The fraction of sp³-hybridized carbons (Fsp3) is 0.545. The lowest BCUT2D eigenvalue weighted by molar-refractivity contribution is 0.0996. The van der Waals surface area contributed by atoms with E-state index in [4.69, 9.17) is 16.3 Å². The Labute approximate surface area is 115 Å². The van der Waals surface area contributed by atoms with Gasteiger partial charge >= 0.3 is 0 Å². The average molecular weight is 305 g/mol. The molecule has 2 N–H and O–H groups in total. The van der Waals surface area contributed by atoms with E-state index in [2.05, 4.69) is 9.71 Å². The first-order valence-corrected chi connectivity index (χ1v) is 7.88. The van der Waals surface area contributed by atoms with Gasteiger partial charge in [0.1, 0.15) is 5.02 Å². The second-order valence-electron chi connectivity index (χ2n) is 4.85. The van der Waals surface area contributed by atoms with Crippen molar-refractivity contribution in [1.29, 1.82) is 0 Å². The van der Waals surface area contributed by atoms with Gasteiger partial charge in [-0.05, 0) is 25.3 Å². The van der Waals surface area contributed by atoms with E-state index < -0.39 is 15.6 Å². The molecule has 2 aliphatic heterocycles. The third-order valence-electron chi connectivity index (χ3n) is 3.55. The van der Waals surface area contributed by atoms with Gasteiger partial charge in [-0.25, -0.2) is 13.1 Å². The summed E-state index contributed by atoms with van der Waals surface area (Å²) >= 11 is 5.64. The summed E-state index contributed by atoms with van der Waals surface area (Å²) in [6.07, 6.45) is 3.83. The number of pyridine rings is 1. The van der Waals surface area contributed by atoms with Crippen LogP contribution in [0.2, 0.25) is 5.02 Å². The maximum absolute atomic E-state index is 12.2. The Morgan fingerprint density at radius 3 is 2.79 bits per heavy atom. The van der Waals surface area contributed by atoms with Gasteiger partial charge in [0.2, 0.25) is 10.0 Å². The van der Waals surface area contributed by atoms with Crippen LogP contribution in [0.3, 0.4) is 0 Å². The van der Waals surface area contributed by atoms with E-state index in [1.807, 2.05) is 0 Å². The third-order valence-corrected chi connectivity index (χ3v) is 5.30. The number of halogens is 1. The fourth-order valence-corrected chi connectivity index (χ4v) is 4.13. The quantitative estimate of drug-likeness (QED) is 0.857. The maximum Gasteiger partial charge on any atom is 0.266 e. The smallest absolute Gasteiger partial charge is 0.266 e. The third kappa shape index (κ3) is 2.43. The number of rotatable bonds is 3. The number of aromatic nitrogens is 1. The fourth-order valence-electron chi connectivity index (χ4n) is 2.62. The predicted molar refractivity (Wildman–Crippen MR) is 68.7 cm³/mol. The summed E-state index contributed by atoms with van der Waals surface area (Å²) in [6.45, 7) is 0. The molecule has 1 aromatic heterocycles. The van der Waals surface area contributed by atoms with Crippen LogP contribution in [0.1, 0.15) is 19.3 Å². The lowest BCUT2D eigenvalue weighted by atomic mass is 9.96. The van der Waals surface area contributed by atoms with Crippen molar-refractivity contribution < 1.29 is 13.2 Å². The summed E-state index contributed by atoms with van der Waals surface area (Å²) in [7, 11) is -3.69. The number of ether oxygens (including phenoxy) is 1. The van der Waals surface area contributed by atoms with Gasteiger partial charge in [-0.2, -0.15) is 0 Å². The summed E-state index contributed by atoms with van der Waals surface area (Å²) in [5.41, 5.74) is -0.510. The van der Waals surface area contributed by atoms with Gasteiger partial charge in [0.25, 0.3) is 5.56 Å². The van der Waals surface area contributed by atoms with Crippen LogP contribution in [0.15, 0.2) is 22.0 Å². The Balaban J connectivity index is 1.82. The van der Waals surface area contributed by atoms with E-state index in [0.29, 0.717) is 6.42 Å². The minimum atomic E-state index is -3.69. The van der Waals surface area contributed by atoms with Crippen LogP contribution in [0.5, 0.6) is 0 Å². The molecule has 1 aromatic rings. The Bertz CT molecular complexity index is 657. The first kappa shape index (κ1) is 13.1. The molecule has 3 atom stereocenters. The molecule has 3 unspecified atom stereocenters. The number of aromatic amines is 1. The second kappa shape index (κ2) is 4.59. The highest BCUT2D eigenvalue weighted by Crippen LogP contribution is 2.34. The maximum atomic E-state index is 12.2. The highest BCUT2D eigenvalue weighted by atomic mass is 35.5. The van der Waals surface area contributed by atoms with Crippen molar-refractivity contribution in [2.75, 3.05) is 0 Å². The number of hydrogen-bond donors (Lipinski definition) is 2. The molecule has 0 spiro atoms. The van der Waals surface area contributed by atoms with Crippen molar-refractivity contribution in [3.05, 3.63) is 27.6 Å². The molecular formula is C11H13ClN2O4S. The van der Waals surface area contributed by atoms with Crippen LogP contribution in [-0.4, -0.2) is 31.7 Å². The van der Waals surface area contributed by atoms with Crippen molar-refractivity contribution in [1.82, 2.24) is 9.71 Å². The normalized spacial score (nSPS) is 29.8. The van der Waals surface area contributed by atoms with E-state index in [1.54, 1.807) is 0 Å². The molecule has 104 valence electrons. The molecule has 0 amide bonds. The summed E-state index contributed by atoms with van der Waals surface area (Å²) in [5.74, 6) is 0. The summed E-state index contributed by atoms with van der Waals surface area (Å²) in [4.78, 5) is 13.4. The topological polar surface area (TPSA) is 88.3 Å². The van der Waals surface area contributed by atoms with Crippen molar-refractivity contribution in [2.45, 2.75) is 42.4 Å². The zero-order valence-electron chi connectivity index (χ0n) is 9.93. The van der Waals surface area contributed by atoms with Gasteiger partial charge < -0.3 is 9.72 Å². The lowest BCUT2D eigenvalue weighted by Crippen LogP contribution is -2.41. The Hall–Kier alpha value is -0.890. The standard InChI is InChI=1S/C11H13ClN2O4S/c12-8-4-7(5-13-11(8)15)19(16,17)14-9-3-6-1-2-10(9)18-6/h4-6,9-10,14H,1-3H2,(H,13,15). The Kier molecular flexibility index (Phi) is 3.17. The number of sulfonamides is 1. The second-order valence-corrected chi connectivity index (χ2v) is 6.97. The average Bonchev–Trinajstić information content (AvgIpc) is 2.94. The molecule has 2 saturated heterocycles. The zero-order valence-corrected chi connectivity index (χ0v) is 11.5. The molecule has 3 heterocycles. The molecule has 0 aromatic carbocycles. The van der Waals surface area contributed by atoms with Crippen molar-refractivity contribution in [2.24, 2.45) is 0 Å². The van der Waals surface area contributed by atoms with Gasteiger partial charge in [0.15, 0.2) is 0 Å². The molecule has 0 aliphatic carbocycles. The minimum absolute atomic E-state index is 0.0418. The largest absolute Gasteiger partial charge is 0.373 e. The number of fused-ring (bicyclic) bond motifs is 2. The van der Waals surface area contributed by atoms with E-state index in [9.17, 15) is 13.2 Å². The predicted octanol–water partition coefficient (Wildman–Crippen LogP) is 0.627. The monoisotopic (exact) mass is 304 g/mol. The molecule has 3 rings (SSSR count). The number of H-pyrrole nitrogens is 1. The molecule has 2 fully saturated rings. The van der Waals surface area contributed by atoms with Gasteiger partial charge in [-0.1, -0.05) is 11.6 Å². The number of nitrogens with one attached hydrogen (secondary N) is 2. The van der Waals surface area contributed by atoms with Gasteiger partial charge in [-0.15, -0.1) is 0 Å². The van der Waals surface area contributed by atoms with Crippen molar-refractivity contribution >= 4 is 21.6 Å². The summed E-state index contributed by atoms with van der Waals surface area (Å²) in [6, 6.07) is 0.950. The summed E-state index contributed by atoms with van der Waals surface area (Å²) < 4.78 is 32.6. The van der Waals surface area contributed by atoms with Crippen molar-refractivity contribution in [3.8, 4) is 0 Å². The van der Waals surface area contributed by atoms with E-state index >= 15 is 0 Å². The lowest BCUT2D eigenvalue weighted by Gasteiger charge is -2.19. The first-order valence-electron chi connectivity index (χ1n) is 6.02. The SMILES string of the molecule is O=c1[nH]cc(S(=O)(=O)NC2CC3CCC2O3)cc1Cl. The van der Waals surface area contributed by atoms with E-state index in [1.165, 1.54) is 0 Å². The minimum Gasteiger partial charge on any atom is -0.373 e. The van der Waals surface area contributed by atoms with Gasteiger partial charge in [-0.3, -0.25) is 4.79 Å². The molecule has 0 radical (unpaired) electrons. The summed E-state index contributed by atoms with van der Waals surface area (Å²) in [5, 5.41) is -0.146. The molecule has 19 heavy (non-hydrogen) atoms. The molecule has 2 bridgehead atoms. The molecule has 0 saturated carbocycles. The van der Waals surface area contributed by atoms with Crippen LogP contribution in [-0.2, 0) is 14.8 Å². The zero-order chi connectivity index (χ0) is 13.6. The molecule has 2 aliphatic rings. The van der Waals surface area contributed by atoms with Crippen LogP contribution in [0, 0.1) is 0 Å². The highest BCUT2D eigenvalue weighted by molar-refractivity contribution is 7.89. The van der Waals surface area contributed by atoms with Crippen LogP contribution in [0.25, 0.3) is 0 Å². The number of hydrogen-bond acceptors (Lipinski definition) is 4. The van der Waals surface area contributed by atoms with E-state index in [-0.39, 0.29) is 28.2 Å².